The van der Waals surface area contributed by atoms with Crippen molar-refractivity contribution < 1.29 is 9.59 Å². The molecule has 1 aliphatic rings. The predicted molar refractivity (Wildman–Crippen MR) is 123 cm³/mol. The molecule has 8 heteroatoms. The number of H-pyrrole nitrogens is 1. The summed E-state index contributed by atoms with van der Waals surface area (Å²) in [5, 5.41) is 5.01. The average Bonchev–Trinajstić information content (AvgIpc) is 3.08. The van der Waals surface area contributed by atoms with Gasteiger partial charge in [-0.25, -0.2) is 0 Å². The number of carbonyl (C=O) groups is 2. The standard InChI is InChI=1S/C22H20BrCl2N3O2/c1-12(29)27-21(7-14-10-26-20-3-2-15(23)8-17(14)20)22(30)28-5-4-13-6-16(24)9-19(25)18(13)11-28/h2-3,6,8-10,21,26H,4-5,7,11H2,1H3,(H,27,29). The fourth-order valence-corrected chi connectivity index (χ4v) is 4.93. The zero-order valence-electron chi connectivity index (χ0n) is 16.3. The van der Waals surface area contributed by atoms with E-state index in [1.165, 1.54) is 6.92 Å². The Morgan fingerprint density at radius 2 is 2.07 bits per heavy atom. The summed E-state index contributed by atoms with van der Waals surface area (Å²) in [4.78, 5) is 30.2. The number of hydrogen-bond acceptors (Lipinski definition) is 2. The summed E-state index contributed by atoms with van der Waals surface area (Å²) in [6.45, 7) is 2.38. The van der Waals surface area contributed by atoms with Crippen LogP contribution in [-0.2, 0) is 29.0 Å². The molecule has 0 bridgehead atoms. The predicted octanol–water partition coefficient (Wildman–Crippen LogP) is 4.87. The van der Waals surface area contributed by atoms with Gasteiger partial charge in [0, 0.05) is 58.1 Å². The molecule has 0 saturated heterocycles. The van der Waals surface area contributed by atoms with E-state index in [0.29, 0.717) is 36.0 Å². The first kappa shape index (κ1) is 21.2. The number of halogens is 3. The molecule has 0 radical (unpaired) electrons. The van der Waals surface area contributed by atoms with Gasteiger partial charge in [-0.15, -0.1) is 0 Å². The molecule has 0 aliphatic carbocycles. The molecular formula is C22H20BrCl2N3O2. The number of nitrogens with zero attached hydrogens (tertiary/aromatic N) is 1. The average molecular weight is 509 g/mol. The molecule has 0 fully saturated rings. The molecule has 1 aliphatic heterocycles. The summed E-state index contributed by atoms with van der Waals surface area (Å²) in [6, 6.07) is 8.89. The Balaban J connectivity index is 1.59. The second-order valence-corrected chi connectivity index (χ2v) is 9.26. The summed E-state index contributed by atoms with van der Waals surface area (Å²) >= 11 is 16.0. The zero-order valence-corrected chi connectivity index (χ0v) is 19.4. The summed E-state index contributed by atoms with van der Waals surface area (Å²) in [5.41, 5.74) is 3.94. The van der Waals surface area contributed by atoms with E-state index in [0.717, 1.165) is 32.1 Å². The summed E-state index contributed by atoms with van der Waals surface area (Å²) in [6.07, 6.45) is 2.96. The number of nitrogens with one attached hydrogen (secondary N) is 2. The number of hydrogen-bond donors (Lipinski definition) is 2. The SMILES string of the molecule is CC(=O)NC(Cc1c[nH]c2ccc(Br)cc12)C(=O)N1CCc2cc(Cl)cc(Cl)c2C1. The minimum atomic E-state index is -0.659. The van der Waals surface area contributed by atoms with Crippen molar-refractivity contribution in [2.45, 2.75) is 32.4 Å². The highest BCUT2D eigenvalue weighted by Gasteiger charge is 2.29. The number of aromatic nitrogens is 1. The summed E-state index contributed by atoms with van der Waals surface area (Å²) in [7, 11) is 0. The third kappa shape index (κ3) is 4.36. The van der Waals surface area contributed by atoms with Crippen molar-refractivity contribution >= 4 is 61.8 Å². The first-order valence-electron chi connectivity index (χ1n) is 9.60. The highest BCUT2D eigenvalue weighted by Crippen LogP contribution is 2.30. The van der Waals surface area contributed by atoms with Crippen LogP contribution in [0.3, 0.4) is 0 Å². The third-order valence-electron chi connectivity index (χ3n) is 5.39. The van der Waals surface area contributed by atoms with Gasteiger partial charge in [0.2, 0.25) is 11.8 Å². The zero-order chi connectivity index (χ0) is 21.4. The topological polar surface area (TPSA) is 65.2 Å². The molecule has 1 aromatic heterocycles. The van der Waals surface area contributed by atoms with Gasteiger partial charge < -0.3 is 15.2 Å². The lowest BCUT2D eigenvalue weighted by molar-refractivity contribution is -0.136. The number of fused-ring (bicyclic) bond motifs is 2. The second kappa shape index (κ2) is 8.61. The number of amides is 2. The van der Waals surface area contributed by atoms with Gasteiger partial charge in [-0.2, -0.15) is 0 Å². The smallest absolute Gasteiger partial charge is 0.245 e. The van der Waals surface area contributed by atoms with Gasteiger partial charge >= 0.3 is 0 Å². The van der Waals surface area contributed by atoms with Gasteiger partial charge in [-0.05, 0) is 53.4 Å². The fraction of sp³-hybridized carbons (Fsp3) is 0.273. The van der Waals surface area contributed by atoms with Gasteiger partial charge in [0.05, 0.1) is 0 Å². The van der Waals surface area contributed by atoms with Crippen molar-refractivity contribution in [3.63, 3.8) is 0 Å². The van der Waals surface area contributed by atoms with E-state index in [9.17, 15) is 9.59 Å². The van der Waals surface area contributed by atoms with Crippen molar-refractivity contribution in [1.29, 1.82) is 0 Å². The van der Waals surface area contributed by atoms with Crippen molar-refractivity contribution in [1.82, 2.24) is 15.2 Å². The lowest BCUT2D eigenvalue weighted by Gasteiger charge is -2.32. The first-order chi connectivity index (χ1) is 14.3. The van der Waals surface area contributed by atoms with Crippen molar-refractivity contribution in [3.8, 4) is 0 Å². The van der Waals surface area contributed by atoms with Gasteiger partial charge in [-0.3, -0.25) is 9.59 Å². The van der Waals surface area contributed by atoms with Crippen LogP contribution in [-0.4, -0.2) is 34.3 Å². The molecule has 3 aromatic rings. The van der Waals surface area contributed by atoms with E-state index in [-0.39, 0.29) is 11.8 Å². The van der Waals surface area contributed by atoms with Crippen LogP contribution >= 0.6 is 39.1 Å². The Morgan fingerprint density at radius 1 is 1.27 bits per heavy atom. The van der Waals surface area contributed by atoms with E-state index >= 15 is 0 Å². The Labute approximate surface area is 192 Å². The van der Waals surface area contributed by atoms with Crippen molar-refractivity contribution in [2.24, 2.45) is 0 Å². The van der Waals surface area contributed by atoms with Crippen molar-refractivity contribution in [2.75, 3.05) is 6.54 Å². The van der Waals surface area contributed by atoms with E-state index < -0.39 is 6.04 Å². The van der Waals surface area contributed by atoms with Gasteiger partial charge in [0.15, 0.2) is 0 Å². The molecule has 0 saturated carbocycles. The maximum atomic E-state index is 13.4. The first-order valence-corrected chi connectivity index (χ1v) is 11.1. The maximum Gasteiger partial charge on any atom is 0.245 e. The molecule has 2 N–H and O–H groups in total. The summed E-state index contributed by atoms with van der Waals surface area (Å²) in [5.74, 6) is -0.359. The van der Waals surface area contributed by atoms with Crippen molar-refractivity contribution in [3.05, 3.63) is 67.7 Å². The Kier molecular flexibility index (Phi) is 6.09. The maximum absolute atomic E-state index is 13.4. The van der Waals surface area contributed by atoms with Crippen LogP contribution in [0.4, 0.5) is 0 Å². The molecule has 0 spiro atoms. The lowest BCUT2D eigenvalue weighted by Crippen LogP contribution is -2.50. The number of aromatic amines is 1. The number of carbonyl (C=O) groups excluding carboxylic acids is 2. The summed E-state index contributed by atoms with van der Waals surface area (Å²) < 4.78 is 0.958. The largest absolute Gasteiger partial charge is 0.361 e. The van der Waals surface area contributed by atoms with Crippen LogP contribution in [0.15, 0.2) is 41.0 Å². The third-order valence-corrected chi connectivity index (χ3v) is 6.44. The molecule has 2 aromatic carbocycles. The molecule has 1 atom stereocenters. The van der Waals surface area contributed by atoms with E-state index in [1.807, 2.05) is 30.5 Å². The minimum Gasteiger partial charge on any atom is -0.361 e. The Bertz CT molecular complexity index is 1140. The van der Waals surface area contributed by atoms with E-state index in [1.54, 1.807) is 11.0 Å². The van der Waals surface area contributed by atoms with Crippen LogP contribution in [0.25, 0.3) is 10.9 Å². The van der Waals surface area contributed by atoms with Gasteiger partial charge in [0.1, 0.15) is 6.04 Å². The number of benzene rings is 2. The molecule has 2 amide bonds. The van der Waals surface area contributed by atoms with Crippen LogP contribution in [0.1, 0.15) is 23.6 Å². The Morgan fingerprint density at radius 3 is 2.83 bits per heavy atom. The monoisotopic (exact) mass is 507 g/mol. The molecule has 4 rings (SSSR count). The van der Waals surface area contributed by atoms with Gasteiger partial charge in [0.25, 0.3) is 0 Å². The fourth-order valence-electron chi connectivity index (χ4n) is 3.98. The molecular weight excluding hydrogens is 489 g/mol. The molecule has 1 unspecified atom stereocenters. The highest BCUT2D eigenvalue weighted by molar-refractivity contribution is 9.10. The molecule has 30 heavy (non-hydrogen) atoms. The lowest BCUT2D eigenvalue weighted by atomic mass is 9.98. The minimum absolute atomic E-state index is 0.119. The molecule has 5 nitrogen and oxygen atoms in total. The van der Waals surface area contributed by atoms with Crippen LogP contribution < -0.4 is 5.32 Å². The van der Waals surface area contributed by atoms with Gasteiger partial charge in [-0.1, -0.05) is 39.1 Å². The van der Waals surface area contributed by atoms with E-state index in [2.05, 4.69) is 26.2 Å². The van der Waals surface area contributed by atoms with E-state index in [4.69, 9.17) is 23.2 Å². The second-order valence-electron chi connectivity index (χ2n) is 7.50. The quantitative estimate of drug-likeness (QED) is 0.528. The van der Waals surface area contributed by atoms with Crippen LogP contribution in [0.2, 0.25) is 10.0 Å². The van der Waals surface area contributed by atoms with Crippen LogP contribution in [0.5, 0.6) is 0 Å². The van der Waals surface area contributed by atoms with Crippen LogP contribution in [0, 0.1) is 0 Å². The highest BCUT2D eigenvalue weighted by atomic mass is 79.9. The molecule has 2 heterocycles. The number of rotatable bonds is 4. The Hall–Kier alpha value is -2.02. The molecule has 156 valence electrons. The normalized spacial score (nSPS) is 14.5.